The highest BCUT2D eigenvalue weighted by atomic mass is 16.5. The molecule has 2 amide bonds. The second-order valence-corrected chi connectivity index (χ2v) is 4.51. The number of amides is 2. The number of hydrogen-bond donors (Lipinski definition) is 2. The Morgan fingerprint density at radius 1 is 1.42 bits per heavy atom. The fourth-order valence-corrected chi connectivity index (χ4v) is 2.32. The molecule has 0 aromatic heterocycles. The van der Waals surface area contributed by atoms with E-state index in [9.17, 15) is 9.59 Å². The average Bonchev–Trinajstić information content (AvgIpc) is 2.87. The van der Waals surface area contributed by atoms with E-state index in [-0.39, 0.29) is 5.91 Å². The highest BCUT2D eigenvalue weighted by Gasteiger charge is 2.33. The van der Waals surface area contributed by atoms with Gasteiger partial charge in [0, 0.05) is 18.3 Å². The van der Waals surface area contributed by atoms with Gasteiger partial charge in [0.25, 0.3) is 5.91 Å². The van der Waals surface area contributed by atoms with E-state index in [1.165, 1.54) is 12.0 Å². The van der Waals surface area contributed by atoms with Crippen molar-refractivity contribution in [2.45, 2.75) is 18.9 Å². The van der Waals surface area contributed by atoms with Crippen LogP contribution >= 0.6 is 0 Å². The van der Waals surface area contributed by atoms with Crippen LogP contribution in [-0.2, 0) is 4.79 Å². The Bertz CT molecular complexity index is 516. The third-order valence-corrected chi connectivity index (χ3v) is 3.33. The summed E-state index contributed by atoms with van der Waals surface area (Å²) in [6, 6.07) is 4.32. The molecule has 1 fully saturated rings. The highest BCUT2D eigenvalue weighted by molar-refractivity contribution is 6.01. The van der Waals surface area contributed by atoms with Gasteiger partial charge in [-0.25, -0.2) is 0 Å². The van der Waals surface area contributed by atoms with Gasteiger partial charge in [-0.2, -0.15) is 0 Å². The fraction of sp³-hybridized carbons (Fsp3) is 0.385. The van der Waals surface area contributed by atoms with Crippen molar-refractivity contribution in [3.63, 3.8) is 0 Å². The third kappa shape index (κ3) is 2.47. The Kier molecular flexibility index (Phi) is 3.59. The summed E-state index contributed by atoms with van der Waals surface area (Å²) in [5.41, 5.74) is 11.8. The SMILES string of the molecule is COc1ccc(C(=O)N2CCCC2C(N)=O)c(N)c1. The molecule has 1 heterocycles. The predicted octanol–water partition coefficient (Wildman–Crippen LogP) is 0.367. The molecule has 6 heteroatoms. The van der Waals surface area contributed by atoms with Gasteiger partial charge in [-0.15, -0.1) is 0 Å². The summed E-state index contributed by atoms with van der Waals surface area (Å²) in [5, 5.41) is 0. The van der Waals surface area contributed by atoms with Crippen LogP contribution in [0.2, 0.25) is 0 Å². The molecule has 0 bridgehead atoms. The number of methoxy groups -OCH3 is 1. The van der Waals surface area contributed by atoms with Gasteiger partial charge in [0.2, 0.25) is 5.91 Å². The van der Waals surface area contributed by atoms with E-state index in [2.05, 4.69) is 0 Å². The second kappa shape index (κ2) is 5.17. The first-order valence-electron chi connectivity index (χ1n) is 6.08. The second-order valence-electron chi connectivity index (χ2n) is 4.51. The van der Waals surface area contributed by atoms with Gasteiger partial charge < -0.3 is 21.1 Å². The van der Waals surface area contributed by atoms with Crippen molar-refractivity contribution >= 4 is 17.5 Å². The lowest BCUT2D eigenvalue weighted by atomic mass is 10.1. The number of ether oxygens (including phenoxy) is 1. The summed E-state index contributed by atoms with van der Waals surface area (Å²) >= 11 is 0. The number of likely N-dealkylation sites (tertiary alicyclic amines) is 1. The van der Waals surface area contributed by atoms with E-state index >= 15 is 0 Å². The van der Waals surface area contributed by atoms with Crippen molar-refractivity contribution in [2.75, 3.05) is 19.4 Å². The first-order chi connectivity index (χ1) is 9.04. The lowest BCUT2D eigenvalue weighted by molar-refractivity contribution is -0.121. The van der Waals surface area contributed by atoms with Gasteiger partial charge in [-0.3, -0.25) is 9.59 Å². The van der Waals surface area contributed by atoms with Crippen molar-refractivity contribution in [1.82, 2.24) is 4.90 Å². The number of rotatable bonds is 3. The van der Waals surface area contributed by atoms with Gasteiger partial charge in [0.05, 0.1) is 12.7 Å². The number of hydrogen-bond acceptors (Lipinski definition) is 4. The van der Waals surface area contributed by atoms with E-state index in [1.807, 2.05) is 0 Å². The molecule has 1 saturated heterocycles. The molecule has 1 aromatic rings. The molecular weight excluding hydrogens is 246 g/mol. The summed E-state index contributed by atoms with van der Waals surface area (Å²) in [6.45, 7) is 0.526. The molecule has 6 nitrogen and oxygen atoms in total. The van der Waals surface area contributed by atoms with Crippen LogP contribution in [0.25, 0.3) is 0 Å². The quantitative estimate of drug-likeness (QED) is 0.769. The normalized spacial score (nSPS) is 18.4. The zero-order valence-corrected chi connectivity index (χ0v) is 10.8. The van der Waals surface area contributed by atoms with Crippen LogP contribution in [0.1, 0.15) is 23.2 Å². The molecule has 0 spiro atoms. The number of nitrogen functional groups attached to an aromatic ring is 1. The standard InChI is InChI=1S/C13H17N3O3/c1-19-8-4-5-9(10(14)7-8)13(18)16-6-2-3-11(16)12(15)17/h4-5,7,11H,2-3,6,14H2,1H3,(H2,15,17). The number of nitrogens with two attached hydrogens (primary N) is 2. The smallest absolute Gasteiger partial charge is 0.256 e. The van der Waals surface area contributed by atoms with Crippen molar-refractivity contribution < 1.29 is 14.3 Å². The Balaban J connectivity index is 2.26. The molecule has 0 saturated carbocycles. The van der Waals surface area contributed by atoms with E-state index in [0.717, 1.165) is 6.42 Å². The third-order valence-electron chi connectivity index (χ3n) is 3.33. The summed E-state index contributed by atoms with van der Waals surface area (Å²) in [4.78, 5) is 25.2. The number of anilines is 1. The molecule has 4 N–H and O–H groups in total. The summed E-state index contributed by atoms with van der Waals surface area (Å²) in [5.74, 6) is -0.152. The van der Waals surface area contributed by atoms with Gasteiger partial charge >= 0.3 is 0 Å². The van der Waals surface area contributed by atoms with Gasteiger partial charge in [-0.05, 0) is 25.0 Å². The fourth-order valence-electron chi connectivity index (χ4n) is 2.32. The van der Waals surface area contributed by atoms with E-state index in [1.54, 1.807) is 18.2 Å². The van der Waals surface area contributed by atoms with Crippen LogP contribution in [0.4, 0.5) is 5.69 Å². The van der Waals surface area contributed by atoms with E-state index in [0.29, 0.717) is 30.0 Å². The Morgan fingerprint density at radius 2 is 2.16 bits per heavy atom. The summed E-state index contributed by atoms with van der Waals surface area (Å²) in [7, 11) is 1.53. The van der Waals surface area contributed by atoms with Crippen LogP contribution in [0.15, 0.2) is 18.2 Å². The first kappa shape index (κ1) is 13.2. The van der Waals surface area contributed by atoms with Crippen LogP contribution in [0.5, 0.6) is 5.75 Å². The Hall–Kier alpha value is -2.24. The van der Waals surface area contributed by atoms with Crippen LogP contribution in [0.3, 0.4) is 0 Å². The van der Waals surface area contributed by atoms with Crippen molar-refractivity contribution in [3.8, 4) is 5.75 Å². The molecule has 2 rings (SSSR count). The van der Waals surface area contributed by atoms with E-state index in [4.69, 9.17) is 16.2 Å². The zero-order chi connectivity index (χ0) is 14.0. The average molecular weight is 263 g/mol. The molecule has 0 radical (unpaired) electrons. The molecule has 1 unspecified atom stereocenters. The van der Waals surface area contributed by atoms with Crippen LogP contribution < -0.4 is 16.2 Å². The maximum Gasteiger partial charge on any atom is 0.256 e. The predicted molar refractivity (Wildman–Crippen MR) is 70.7 cm³/mol. The lowest BCUT2D eigenvalue weighted by Crippen LogP contribution is -2.43. The van der Waals surface area contributed by atoms with Crippen molar-refractivity contribution in [2.24, 2.45) is 5.73 Å². The Labute approximate surface area is 111 Å². The number of carbonyl (C=O) groups excluding carboxylic acids is 2. The van der Waals surface area contributed by atoms with Crippen LogP contribution in [-0.4, -0.2) is 36.4 Å². The van der Waals surface area contributed by atoms with Gasteiger partial charge in [0.15, 0.2) is 0 Å². The van der Waals surface area contributed by atoms with Gasteiger partial charge in [-0.1, -0.05) is 0 Å². The molecule has 1 atom stereocenters. The topological polar surface area (TPSA) is 98.6 Å². The van der Waals surface area contributed by atoms with Crippen LogP contribution in [0, 0.1) is 0 Å². The molecule has 0 aliphatic carbocycles. The maximum atomic E-state index is 12.4. The largest absolute Gasteiger partial charge is 0.497 e. The minimum Gasteiger partial charge on any atom is -0.497 e. The van der Waals surface area contributed by atoms with E-state index < -0.39 is 11.9 Å². The summed E-state index contributed by atoms with van der Waals surface area (Å²) < 4.78 is 5.04. The van der Waals surface area contributed by atoms with Gasteiger partial charge in [0.1, 0.15) is 11.8 Å². The molecule has 1 aromatic carbocycles. The molecule has 19 heavy (non-hydrogen) atoms. The lowest BCUT2D eigenvalue weighted by Gasteiger charge is -2.23. The highest BCUT2D eigenvalue weighted by Crippen LogP contribution is 2.25. The summed E-state index contributed by atoms with van der Waals surface area (Å²) in [6.07, 6.45) is 1.38. The minimum atomic E-state index is -0.533. The zero-order valence-electron chi connectivity index (χ0n) is 10.8. The molecule has 1 aliphatic rings. The number of carbonyl (C=O) groups is 2. The van der Waals surface area contributed by atoms with Crippen molar-refractivity contribution in [1.29, 1.82) is 0 Å². The van der Waals surface area contributed by atoms with Crippen molar-refractivity contribution in [3.05, 3.63) is 23.8 Å². The number of primary amides is 1. The minimum absolute atomic E-state index is 0.263. The monoisotopic (exact) mass is 263 g/mol. The number of nitrogens with zero attached hydrogens (tertiary/aromatic N) is 1. The maximum absolute atomic E-state index is 12.4. The molecule has 102 valence electrons. The Morgan fingerprint density at radius 3 is 2.74 bits per heavy atom. The number of benzene rings is 1. The first-order valence-corrected chi connectivity index (χ1v) is 6.08. The molecule has 1 aliphatic heterocycles. The molecular formula is C13H17N3O3.